The van der Waals surface area contributed by atoms with E-state index in [1.165, 1.54) is 0 Å². The van der Waals surface area contributed by atoms with Crippen LogP contribution in [0.25, 0.3) is 0 Å². The zero-order valence-electron chi connectivity index (χ0n) is 15.8. The molecule has 1 aliphatic heterocycles. The molecule has 1 aromatic rings. The molecule has 2 atom stereocenters. The van der Waals surface area contributed by atoms with Crippen LogP contribution < -0.4 is 5.32 Å². The fourth-order valence-corrected chi connectivity index (χ4v) is 6.97. The van der Waals surface area contributed by atoms with Gasteiger partial charge in [0.2, 0.25) is 15.9 Å². The SMILES string of the molecule is CC1(C)CC2CC(C)(CN2S(=O)(=O)c2cccc(NC(=O)C3CC3)c2)C1. The Labute approximate surface area is 156 Å². The van der Waals surface area contributed by atoms with Crippen LogP contribution in [-0.4, -0.2) is 31.2 Å². The quantitative estimate of drug-likeness (QED) is 0.873. The molecular formula is C20H28N2O3S. The monoisotopic (exact) mass is 376 g/mol. The smallest absolute Gasteiger partial charge is 0.243 e. The van der Waals surface area contributed by atoms with Gasteiger partial charge in [-0.2, -0.15) is 4.31 Å². The lowest BCUT2D eigenvalue weighted by Gasteiger charge is -2.39. The molecule has 1 amide bonds. The summed E-state index contributed by atoms with van der Waals surface area (Å²) >= 11 is 0. The van der Waals surface area contributed by atoms with Gasteiger partial charge in [-0.15, -0.1) is 0 Å². The number of fused-ring (bicyclic) bond motifs is 2. The number of carbonyl (C=O) groups excluding carboxylic acids is 1. The highest BCUT2D eigenvalue weighted by Gasteiger charge is 2.53. The molecule has 6 heteroatoms. The molecule has 3 aliphatic rings. The second kappa shape index (κ2) is 5.80. The van der Waals surface area contributed by atoms with E-state index in [1.54, 1.807) is 28.6 Å². The highest BCUT2D eigenvalue weighted by Crippen LogP contribution is 2.53. The van der Waals surface area contributed by atoms with Gasteiger partial charge in [0.15, 0.2) is 0 Å². The predicted octanol–water partition coefficient (Wildman–Crippen LogP) is 3.62. The van der Waals surface area contributed by atoms with Gasteiger partial charge in [0.1, 0.15) is 0 Å². The third-order valence-electron chi connectivity index (χ3n) is 6.02. The first-order valence-corrected chi connectivity index (χ1v) is 10.9. The summed E-state index contributed by atoms with van der Waals surface area (Å²) in [4.78, 5) is 12.3. The Morgan fingerprint density at radius 3 is 2.62 bits per heavy atom. The van der Waals surface area contributed by atoms with Gasteiger partial charge in [0, 0.05) is 24.2 Å². The minimum absolute atomic E-state index is 0.00848. The van der Waals surface area contributed by atoms with Crippen molar-refractivity contribution in [1.82, 2.24) is 4.31 Å². The molecule has 1 saturated heterocycles. The van der Waals surface area contributed by atoms with Gasteiger partial charge in [-0.3, -0.25) is 4.79 Å². The number of hydrogen-bond acceptors (Lipinski definition) is 3. The summed E-state index contributed by atoms with van der Waals surface area (Å²) in [6.45, 7) is 7.27. The number of hydrogen-bond donors (Lipinski definition) is 1. The molecule has 0 aromatic heterocycles. The number of nitrogens with zero attached hydrogens (tertiary/aromatic N) is 1. The van der Waals surface area contributed by atoms with Gasteiger partial charge in [0.25, 0.3) is 0 Å². The van der Waals surface area contributed by atoms with Crippen LogP contribution in [0.1, 0.15) is 52.9 Å². The van der Waals surface area contributed by atoms with Crippen molar-refractivity contribution >= 4 is 21.6 Å². The lowest BCUT2D eigenvalue weighted by Crippen LogP contribution is -2.37. The van der Waals surface area contributed by atoms with Crippen molar-refractivity contribution < 1.29 is 13.2 Å². The van der Waals surface area contributed by atoms with Gasteiger partial charge in [-0.1, -0.05) is 26.8 Å². The van der Waals surface area contributed by atoms with E-state index in [-0.39, 0.29) is 33.6 Å². The predicted molar refractivity (Wildman–Crippen MR) is 101 cm³/mol. The standard InChI is InChI=1S/C20H28N2O3S/c1-19(2)10-16-11-20(3,12-19)13-22(16)26(24,25)17-6-4-5-15(9-17)21-18(23)14-7-8-14/h4-6,9,14,16H,7-8,10-13H2,1-3H3,(H,21,23). The molecule has 2 aliphatic carbocycles. The van der Waals surface area contributed by atoms with Crippen LogP contribution in [0, 0.1) is 16.7 Å². The van der Waals surface area contributed by atoms with Crippen LogP contribution in [0.15, 0.2) is 29.2 Å². The Morgan fingerprint density at radius 1 is 1.19 bits per heavy atom. The molecule has 1 N–H and O–H groups in total. The fourth-order valence-electron chi connectivity index (χ4n) is 5.15. The lowest BCUT2D eigenvalue weighted by molar-refractivity contribution is -0.117. The molecule has 1 aromatic carbocycles. The van der Waals surface area contributed by atoms with Gasteiger partial charge in [-0.25, -0.2) is 8.42 Å². The van der Waals surface area contributed by atoms with E-state index in [9.17, 15) is 13.2 Å². The summed E-state index contributed by atoms with van der Waals surface area (Å²) in [6, 6.07) is 6.77. The van der Waals surface area contributed by atoms with Crippen molar-refractivity contribution in [2.45, 2.75) is 63.8 Å². The zero-order chi connectivity index (χ0) is 18.7. The summed E-state index contributed by atoms with van der Waals surface area (Å²) in [5, 5.41) is 2.85. The minimum Gasteiger partial charge on any atom is -0.326 e. The molecule has 2 unspecified atom stereocenters. The van der Waals surface area contributed by atoms with Gasteiger partial charge in [0.05, 0.1) is 4.90 Å². The summed E-state index contributed by atoms with van der Waals surface area (Å²) in [7, 11) is -3.56. The molecule has 0 spiro atoms. The molecule has 1 heterocycles. The van der Waals surface area contributed by atoms with E-state index in [2.05, 4.69) is 26.1 Å². The lowest BCUT2D eigenvalue weighted by atomic mass is 9.65. The molecule has 2 saturated carbocycles. The van der Waals surface area contributed by atoms with Crippen molar-refractivity contribution in [3.05, 3.63) is 24.3 Å². The van der Waals surface area contributed by atoms with E-state index in [0.717, 1.165) is 32.1 Å². The molecular weight excluding hydrogens is 348 g/mol. The van der Waals surface area contributed by atoms with Crippen LogP contribution in [-0.2, 0) is 14.8 Å². The van der Waals surface area contributed by atoms with Crippen LogP contribution >= 0.6 is 0 Å². The van der Waals surface area contributed by atoms with Crippen molar-refractivity contribution in [1.29, 1.82) is 0 Å². The Morgan fingerprint density at radius 2 is 1.92 bits per heavy atom. The molecule has 0 radical (unpaired) electrons. The van der Waals surface area contributed by atoms with Crippen molar-refractivity contribution in [3.63, 3.8) is 0 Å². The Kier molecular flexibility index (Phi) is 4.01. The van der Waals surface area contributed by atoms with E-state index in [0.29, 0.717) is 12.2 Å². The first-order valence-electron chi connectivity index (χ1n) is 9.51. The Bertz CT molecular complexity index is 844. The van der Waals surface area contributed by atoms with E-state index in [4.69, 9.17) is 0 Å². The maximum absolute atomic E-state index is 13.3. The summed E-state index contributed by atoms with van der Waals surface area (Å²) < 4.78 is 28.4. The van der Waals surface area contributed by atoms with E-state index >= 15 is 0 Å². The molecule has 2 bridgehead atoms. The topological polar surface area (TPSA) is 66.5 Å². The number of sulfonamides is 1. The molecule has 3 fully saturated rings. The number of anilines is 1. The Hall–Kier alpha value is -1.40. The maximum atomic E-state index is 13.3. The fraction of sp³-hybridized carbons (Fsp3) is 0.650. The summed E-state index contributed by atoms with van der Waals surface area (Å²) in [5.41, 5.74) is 0.788. The van der Waals surface area contributed by atoms with Gasteiger partial charge in [-0.05, 0) is 61.1 Å². The minimum atomic E-state index is -3.56. The summed E-state index contributed by atoms with van der Waals surface area (Å²) in [5.74, 6) is 0.0844. The number of benzene rings is 1. The highest BCUT2D eigenvalue weighted by atomic mass is 32.2. The molecule has 5 nitrogen and oxygen atoms in total. The van der Waals surface area contributed by atoms with Crippen molar-refractivity contribution in [2.75, 3.05) is 11.9 Å². The summed E-state index contributed by atoms with van der Waals surface area (Å²) in [6.07, 6.45) is 4.75. The average molecular weight is 377 g/mol. The number of carbonyl (C=O) groups is 1. The second-order valence-corrected chi connectivity index (χ2v) is 11.4. The van der Waals surface area contributed by atoms with Gasteiger partial charge >= 0.3 is 0 Å². The molecule has 4 rings (SSSR count). The normalized spacial score (nSPS) is 31.0. The second-order valence-electron chi connectivity index (χ2n) is 9.56. The average Bonchev–Trinajstić information content (AvgIpc) is 3.32. The van der Waals surface area contributed by atoms with Crippen LogP contribution in [0.2, 0.25) is 0 Å². The molecule has 26 heavy (non-hydrogen) atoms. The maximum Gasteiger partial charge on any atom is 0.243 e. The third-order valence-corrected chi connectivity index (χ3v) is 7.92. The first-order chi connectivity index (χ1) is 12.1. The van der Waals surface area contributed by atoms with Crippen molar-refractivity contribution in [2.24, 2.45) is 16.7 Å². The third kappa shape index (κ3) is 3.29. The van der Waals surface area contributed by atoms with Crippen LogP contribution in [0.3, 0.4) is 0 Å². The van der Waals surface area contributed by atoms with Gasteiger partial charge < -0.3 is 5.32 Å². The molecule has 142 valence electrons. The number of rotatable bonds is 4. The number of amides is 1. The Balaban J connectivity index is 1.60. The first kappa shape index (κ1) is 18.0. The highest BCUT2D eigenvalue weighted by molar-refractivity contribution is 7.89. The number of nitrogens with one attached hydrogen (secondary N) is 1. The van der Waals surface area contributed by atoms with E-state index < -0.39 is 10.0 Å². The zero-order valence-corrected chi connectivity index (χ0v) is 16.6. The van der Waals surface area contributed by atoms with Crippen LogP contribution in [0.5, 0.6) is 0 Å². The van der Waals surface area contributed by atoms with Crippen molar-refractivity contribution in [3.8, 4) is 0 Å². The van der Waals surface area contributed by atoms with E-state index in [1.807, 2.05) is 0 Å². The largest absolute Gasteiger partial charge is 0.326 e. The van der Waals surface area contributed by atoms with Crippen LogP contribution in [0.4, 0.5) is 5.69 Å².